The smallest absolute Gasteiger partial charge is 0.312 e. The molecule has 1 aromatic rings. The molecule has 0 bridgehead atoms. The van der Waals surface area contributed by atoms with Crippen molar-refractivity contribution in [2.24, 2.45) is 0 Å². The zero-order valence-electron chi connectivity index (χ0n) is 11.2. The zero-order valence-corrected chi connectivity index (χ0v) is 12.9. The maximum absolute atomic E-state index is 12.9. The second kappa shape index (κ2) is 6.51. The Bertz CT molecular complexity index is 592. The van der Waals surface area contributed by atoms with Crippen molar-refractivity contribution < 1.29 is 21.6 Å². The van der Waals surface area contributed by atoms with Gasteiger partial charge in [-0.25, -0.2) is 8.42 Å². The molecule has 0 unspecified atom stereocenters. The van der Waals surface area contributed by atoms with Gasteiger partial charge in [0.05, 0.1) is 10.5 Å². The van der Waals surface area contributed by atoms with Gasteiger partial charge >= 0.3 is 6.18 Å². The van der Waals surface area contributed by atoms with Crippen molar-refractivity contribution in [1.29, 1.82) is 0 Å². The second-order valence-corrected chi connectivity index (χ2v) is 6.62. The van der Waals surface area contributed by atoms with Gasteiger partial charge in [0.25, 0.3) is 0 Å². The van der Waals surface area contributed by atoms with Crippen LogP contribution in [0.2, 0.25) is 0 Å². The maximum Gasteiger partial charge on any atom is 0.417 e. The quantitative estimate of drug-likeness (QED) is 0.894. The highest BCUT2D eigenvalue weighted by Gasteiger charge is 2.39. The Balaban J connectivity index is 0.00000220. The molecule has 1 N–H and O–H groups in total. The zero-order chi connectivity index (χ0) is 15.0. The van der Waals surface area contributed by atoms with Gasteiger partial charge in [0.1, 0.15) is 0 Å². The minimum absolute atomic E-state index is 0. The molecule has 2 rings (SSSR count). The van der Waals surface area contributed by atoms with Gasteiger partial charge in [-0.1, -0.05) is 12.1 Å². The molecule has 120 valence electrons. The fraction of sp³-hybridized carbons (Fsp3) is 0.500. The Morgan fingerprint density at radius 1 is 1.29 bits per heavy atom. The van der Waals surface area contributed by atoms with E-state index in [4.69, 9.17) is 0 Å². The number of rotatable bonds is 2. The highest BCUT2D eigenvalue weighted by atomic mass is 35.5. The number of sulfonamides is 1. The van der Waals surface area contributed by atoms with E-state index in [0.717, 1.165) is 16.4 Å². The number of hydrogen-bond donors (Lipinski definition) is 1. The summed E-state index contributed by atoms with van der Waals surface area (Å²) in [5.41, 5.74) is -1.12. The van der Waals surface area contributed by atoms with E-state index in [1.807, 2.05) is 0 Å². The van der Waals surface area contributed by atoms with E-state index in [2.05, 4.69) is 5.32 Å². The van der Waals surface area contributed by atoms with Crippen LogP contribution in [0.1, 0.15) is 12.5 Å². The summed E-state index contributed by atoms with van der Waals surface area (Å²) in [5.74, 6) is 0. The highest BCUT2D eigenvalue weighted by Crippen LogP contribution is 2.35. The third-order valence-corrected chi connectivity index (χ3v) is 5.07. The van der Waals surface area contributed by atoms with Crippen LogP contribution in [0.15, 0.2) is 29.2 Å². The number of hydrogen-bond acceptors (Lipinski definition) is 3. The number of halogens is 4. The van der Waals surface area contributed by atoms with Crippen molar-refractivity contribution in [2.45, 2.75) is 24.0 Å². The van der Waals surface area contributed by atoms with Crippen molar-refractivity contribution in [3.05, 3.63) is 29.8 Å². The molecule has 0 spiro atoms. The maximum atomic E-state index is 12.9. The Hall–Kier alpha value is -0.830. The van der Waals surface area contributed by atoms with Gasteiger partial charge in [-0.3, -0.25) is 0 Å². The fourth-order valence-electron chi connectivity index (χ4n) is 2.18. The Morgan fingerprint density at radius 2 is 1.90 bits per heavy atom. The molecule has 0 aliphatic carbocycles. The van der Waals surface area contributed by atoms with Crippen molar-refractivity contribution >= 4 is 22.4 Å². The molecule has 0 radical (unpaired) electrons. The van der Waals surface area contributed by atoms with Crippen LogP contribution in [0.4, 0.5) is 13.2 Å². The molecule has 1 atom stereocenters. The molecule has 1 fully saturated rings. The van der Waals surface area contributed by atoms with Gasteiger partial charge in [0.2, 0.25) is 10.0 Å². The average molecular weight is 345 g/mol. The lowest BCUT2D eigenvalue weighted by Gasteiger charge is -2.31. The lowest BCUT2D eigenvalue weighted by Crippen LogP contribution is -2.51. The summed E-state index contributed by atoms with van der Waals surface area (Å²) in [4.78, 5) is -0.679. The monoisotopic (exact) mass is 344 g/mol. The summed E-state index contributed by atoms with van der Waals surface area (Å²) in [6.07, 6.45) is -4.69. The average Bonchev–Trinajstić information content (AvgIpc) is 2.38. The van der Waals surface area contributed by atoms with Crippen LogP contribution >= 0.6 is 12.4 Å². The Labute approximate surface area is 127 Å². The van der Waals surface area contributed by atoms with Crippen LogP contribution in [0.25, 0.3) is 0 Å². The molecule has 0 saturated carbocycles. The first-order valence-corrected chi connectivity index (χ1v) is 7.56. The molecular weight excluding hydrogens is 329 g/mol. The first-order chi connectivity index (χ1) is 9.23. The summed E-state index contributed by atoms with van der Waals surface area (Å²) in [5, 5.41) is 3.05. The molecular formula is C12H16ClF3N2O2S. The standard InChI is InChI=1S/C12H15F3N2O2S.ClH/c1-9-8-17(7-6-16-9)20(18,19)11-5-3-2-4-10(11)12(13,14)15;/h2-5,9,16H,6-8H2,1H3;1H/t9-;/m1./s1. The summed E-state index contributed by atoms with van der Waals surface area (Å²) in [6.45, 7) is 2.54. The Kier molecular flexibility index (Phi) is 5.65. The van der Waals surface area contributed by atoms with E-state index >= 15 is 0 Å². The molecule has 9 heteroatoms. The predicted octanol–water partition coefficient (Wildman–Crippen LogP) is 2.11. The minimum atomic E-state index is -4.69. The Morgan fingerprint density at radius 3 is 2.48 bits per heavy atom. The number of nitrogens with zero attached hydrogens (tertiary/aromatic N) is 1. The molecule has 1 aromatic carbocycles. The molecule has 4 nitrogen and oxygen atoms in total. The largest absolute Gasteiger partial charge is 0.417 e. The van der Waals surface area contributed by atoms with Crippen LogP contribution in [-0.2, 0) is 16.2 Å². The van der Waals surface area contributed by atoms with E-state index in [1.54, 1.807) is 6.92 Å². The van der Waals surface area contributed by atoms with Gasteiger partial charge < -0.3 is 5.32 Å². The van der Waals surface area contributed by atoms with E-state index in [9.17, 15) is 21.6 Å². The van der Waals surface area contributed by atoms with Gasteiger partial charge in [-0.2, -0.15) is 17.5 Å². The highest BCUT2D eigenvalue weighted by molar-refractivity contribution is 7.89. The SMILES string of the molecule is C[C@@H]1CN(S(=O)(=O)c2ccccc2C(F)(F)F)CCN1.Cl. The number of nitrogens with one attached hydrogen (secondary N) is 1. The first kappa shape index (κ1) is 18.2. The lowest BCUT2D eigenvalue weighted by molar-refractivity contribution is -0.139. The topological polar surface area (TPSA) is 49.4 Å². The van der Waals surface area contributed by atoms with E-state index in [-0.39, 0.29) is 31.5 Å². The molecule has 1 heterocycles. The van der Waals surface area contributed by atoms with Crippen LogP contribution in [0.3, 0.4) is 0 Å². The third kappa shape index (κ3) is 3.88. The van der Waals surface area contributed by atoms with Crippen molar-refractivity contribution in [3.63, 3.8) is 0 Å². The molecule has 1 saturated heterocycles. The van der Waals surface area contributed by atoms with Crippen molar-refractivity contribution in [3.8, 4) is 0 Å². The van der Waals surface area contributed by atoms with E-state index in [0.29, 0.717) is 6.54 Å². The van der Waals surface area contributed by atoms with E-state index < -0.39 is 26.7 Å². The van der Waals surface area contributed by atoms with Crippen LogP contribution in [0.5, 0.6) is 0 Å². The summed E-state index contributed by atoms with van der Waals surface area (Å²) < 4.78 is 64.7. The third-order valence-electron chi connectivity index (χ3n) is 3.14. The lowest BCUT2D eigenvalue weighted by atomic mass is 10.2. The normalized spacial score (nSPS) is 20.9. The predicted molar refractivity (Wildman–Crippen MR) is 74.9 cm³/mol. The van der Waals surface area contributed by atoms with Crippen LogP contribution in [-0.4, -0.2) is 38.4 Å². The second-order valence-electron chi connectivity index (χ2n) is 4.71. The molecule has 21 heavy (non-hydrogen) atoms. The molecule has 1 aliphatic heterocycles. The molecule has 0 aromatic heterocycles. The number of piperazine rings is 1. The van der Waals surface area contributed by atoms with Gasteiger partial charge in [-0.15, -0.1) is 12.4 Å². The van der Waals surface area contributed by atoms with Crippen molar-refractivity contribution in [1.82, 2.24) is 9.62 Å². The van der Waals surface area contributed by atoms with E-state index in [1.165, 1.54) is 12.1 Å². The minimum Gasteiger partial charge on any atom is -0.312 e. The van der Waals surface area contributed by atoms with Crippen LogP contribution in [0, 0.1) is 0 Å². The molecule has 1 aliphatic rings. The number of alkyl halides is 3. The summed E-state index contributed by atoms with van der Waals surface area (Å²) >= 11 is 0. The summed E-state index contributed by atoms with van der Waals surface area (Å²) in [6, 6.07) is 4.19. The van der Waals surface area contributed by atoms with Crippen LogP contribution < -0.4 is 5.32 Å². The van der Waals surface area contributed by atoms with Gasteiger partial charge in [-0.05, 0) is 19.1 Å². The fourth-order valence-corrected chi connectivity index (χ4v) is 3.92. The first-order valence-electron chi connectivity index (χ1n) is 6.12. The van der Waals surface area contributed by atoms with Crippen molar-refractivity contribution in [2.75, 3.05) is 19.6 Å². The molecule has 0 amide bonds. The van der Waals surface area contributed by atoms with Gasteiger partial charge in [0.15, 0.2) is 0 Å². The van der Waals surface area contributed by atoms with Gasteiger partial charge in [0, 0.05) is 25.7 Å². The number of benzene rings is 1. The summed E-state index contributed by atoms with van der Waals surface area (Å²) in [7, 11) is -4.14.